The van der Waals surface area contributed by atoms with Crippen molar-refractivity contribution in [3.8, 4) is 5.88 Å². The van der Waals surface area contributed by atoms with Gasteiger partial charge in [-0.2, -0.15) is 26.2 Å². The molecule has 0 aliphatic carbocycles. The summed E-state index contributed by atoms with van der Waals surface area (Å²) < 4.78 is 57.7. The normalized spacial score (nSPS) is 12.8. The molecular weight excluding hydrogens is 420 g/mol. The van der Waals surface area contributed by atoms with E-state index in [-0.39, 0.29) is 5.88 Å². The molecule has 158 valence electrons. The number of hydrogen-bond acceptors (Lipinski definition) is 8. The highest BCUT2D eigenvalue weighted by Gasteiger charge is 2.29. The largest absolute Gasteiger partial charge is 0.378 e. The van der Waals surface area contributed by atoms with E-state index >= 15 is 0 Å². The standard InChI is InChI=1S/C16H22N6O5S2/c1-9-10(2)12(4)14-13(11(9)3)15(21(7)18-14)27-28(23,24)16-17-8-22(19-16)29(25,26)20(5)6/h8H,1-7H3. The van der Waals surface area contributed by atoms with E-state index in [4.69, 9.17) is 4.18 Å². The van der Waals surface area contributed by atoms with Gasteiger partial charge in [-0.1, -0.05) is 0 Å². The molecule has 0 amide bonds. The van der Waals surface area contributed by atoms with Crippen LogP contribution in [-0.2, 0) is 27.4 Å². The first-order valence-electron chi connectivity index (χ1n) is 8.51. The van der Waals surface area contributed by atoms with Crippen LogP contribution < -0.4 is 4.18 Å². The molecule has 0 aliphatic heterocycles. The van der Waals surface area contributed by atoms with Crippen LogP contribution in [0.2, 0.25) is 0 Å². The molecule has 0 bridgehead atoms. The van der Waals surface area contributed by atoms with Gasteiger partial charge in [0, 0.05) is 21.1 Å². The third-order valence-electron chi connectivity index (χ3n) is 4.97. The highest BCUT2D eigenvalue weighted by Crippen LogP contribution is 2.35. The second-order valence-electron chi connectivity index (χ2n) is 6.88. The van der Waals surface area contributed by atoms with E-state index in [1.54, 1.807) is 7.05 Å². The van der Waals surface area contributed by atoms with Gasteiger partial charge in [-0.15, -0.1) is 9.19 Å². The number of benzene rings is 1. The lowest BCUT2D eigenvalue weighted by atomic mass is 9.96. The van der Waals surface area contributed by atoms with Gasteiger partial charge in [-0.25, -0.2) is 9.67 Å². The van der Waals surface area contributed by atoms with Crippen LogP contribution in [0.3, 0.4) is 0 Å². The maximum Gasteiger partial charge on any atom is 0.378 e. The van der Waals surface area contributed by atoms with Gasteiger partial charge in [-0.3, -0.25) is 0 Å². The highest BCUT2D eigenvalue weighted by atomic mass is 32.2. The molecule has 0 unspecified atom stereocenters. The molecule has 2 aromatic heterocycles. The molecule has 0 saturated carbocycles. The molecular formula is C16H22N6O5S2. The molecule has 0 radical (unpaired) electrons. The monoisotopic (exact) mass is 442 g/mol. The van der Waals surface area contributed by atoms with Crippen molar-refractivity contribution >= 4 is 31.2 Å². The lowest BCUT2D eigenvalue weighted by molar-refractivity contribution is 0.451. The minimum atomic E-state index is -4.50. The van der Waals surface area contributed by atoms with Crippen molar-refractivity contribution in [2.45, 2.75) is 32.9 Å². The summed E-state index contributed by atoms with van der Waals surface area (Å²) in [5, 5.41) is 7.77. The van der Waals surface area contributed by atoms with Gasteiger partial charge >= 0.3 is 25.5 Å². The van der Waals surface area contributed by atoms with Crippen LogP contribution in [0.5, 0.6) is 5.88 Å². The summed E-state index contributed by atoms with van der Waals surface area (Å²) >= 11 is 0. The topological polar surface area (TPSA) is 129 Å². The Balaban J connectivity index is 2.12. The average Bonchev–Trinajstić information content (AvgIpc) is 3.25. The van der Waals surface area contributed by atoms with E-state index in [0.29, 0.717) is 15.0 Å². The third kappa shape index (κ3) is 3.28. The van der Waals surface area contributed by atoms with Gasteiger partial charge in [0.1, 0.15) is 6.33 Å². The summed E-state index contributed by atoms with van der Waals surface area (Å²) in [5.41, 5.74) is 4.47. The Morgan fingerprint density at radius 3 is 2.10 bits per heavy atom. The van der Waals surface area contributed by atoms with Crippen LogP contribution in [0.1, 0.15) is 22.3 Å². The van der Waals surface area contributed by atoms with Crippen molar-refractivity contribution in [3.05, 3.63) is 28.6 Å². The van der Waals surface area contributed by atoms with Crippen molar-refractivity contribution in [1.82, 2.24) is 28.3 Å². The Morgan fingerprint density at radius 2 is 1.52 bits per heavy atom. The van der Waals surface area contributed by atoms with Crippen molar-refractivity contribution in [1.29, 1.82) is 0 Å². The fourth-order valence-electron chi connectivity index (χ4n) is 2.90. The molecule has 13 heteroatoms. The lowest BCUT2D eigenvalue weighted by Gasteiger charge is -2.11. The van der Waals surface area contributed by atoms with Gasteiger partial charge in [-0.05, 0) is 49.9 Å². The number of rotatable bonds is 5. The summed E-state index contributed by atoms with van der Waals surface area (Å²) in [6.45, 7) is 7.69. The molecule has 2 heterocycles. The molecule has 0 fully saturated rings. The summed E-state index contributed by atoms with van der Waals surface area (Å²) in [6.07, 6.45) is 0.801. The second kappa shape index (κ2) is 6.78. The number of aryl methyl sites for hydroxylation is 3. The van der Waals surface area contributed by atoms with Gasteiger partial charge in [0.2, 0.25) is 5.88 Å². The van der Waals surface area contributed by atoms with Crippen LogP contribution in [0.4, 0.5) is 0 Å². The Bertz CT molecular complexity index is 1340. The smallest absolute Gasteiger partial charge is 0.356 e. The minimum Gasteiger partial charge on any atom is -0.356 e. The van der Waals surface area contributed by atoms with Gasteiger partial charge in [0.05, 0.1) is 10.9 Å². The van der Waals surface area contributed by atoms with E-state index in [0.717, 1.165) is 32.9 Å². The zero-order valence-corrected chi connectivity index (χ0v) is 18.8. The molecule has 11 nitrogen and oxygen atoms in total. The quantitative estimate of drug-likeness (QED) is 0.531. The van der Waals surface area contributed by atoms with Crippen molar-refractivity contribution < 1.29 is 21.0 Å². The first-order chi connectivity index (χ1) is 13.3. The first-order valence-corrected chi connectivity index (χ1v) is 11.3. The minimum absolute atomic E-state index is 0.00974. The molecule has 29 heavy (non-hydrogen) atoms. The SMILES string of the molecule is Cc1c(C)c(C)c2c(OS(=O)(=O)c3ncn(S(=O)(=O)N(C)C)n3)n(C)nc2c1C. The Kier molecular flexibility index (Phi) is 4.96. The Morgan fingerprint density at radius 1 is 0.931 bits per heavy atom. The van der Waals surface area contributed by atoms with Crippen molar-refractivity contribution in [2.24, 2.45) is 7.05 Å². The maximum atomic E-state index is 12.7. The van der Waals surface area contributed by atoms with Gasteiger partial charge in [0.15, 0.2) is 0 Å². The molecule has 0 saturated heterocycles. The zero-order chi connectivity index (χ0) is 21.9. The summed E-state index contributed by atoms with van der Waals surface area (Å²) in [5.74, 6) is 0.00974. The number of aromatic nitrogens is 5. The fourth-order valence-corrected chi connectivity index (χ4v) is 4.47. The molecule has 0 aliphatic rings. The summed E-state index contributed by atoms with van der Waals surface area (Å²) in [4.78, 5) is 3.60. The van der Waals surface area contributed by atoms with Crippen LogP contribution in [0, 0.1) is 27.7 Å². The van der Waals surface area contributed by atoms with Crippen LogP contribution in [-0.4, -0.2) is 59.2 Å². The lowest BCUT2D eigenvalue weighted by Crippen LogP contribution is -2.29. The van der Waals surface area contributed by atoms with Gasteiger partial charge in [0.25, 0.3) is 0 Å². The van der Waals surface area contributed by atoms with Crippen LogP contribution >= 0.6 is 0 Å². The van der Waals surface area contributed by atoms with E-state index in [1.807, 2.05) is 27.7 Å². The predicted molar refractivity (Wildman–Crippen MR) is 106 cm³/mol. The number of hydrogen-bond donors (Lipinski definition) is 0. The predicted octanol–water partition coefficient (Wildman–Crippen LogP) is 0.821. The average molecular weight is 443 g/mol. The number of fused-ring (bicyclic) bond motifs is 1. The van der Waals surface area contributed by atoms with E-state index in [2.05, 4.69) is 15.2 Å². The van der Waals surface area contributed by atoms with E-state index in [9.17, 15) is 16.8 Å². The molecule has 3 aromatic rings. The fraction of sp³-hybridized carbons (Fsp3) is 0.438. The van der Waals surface area contributed by atoms with Crippen molar-refractivity contribution in [3.63, 3.8) is 0 Å². The highest BCUT2D eigenvalue weighted by molar-refractivity contribution is 7.87. The molecule has 1 aromatic carbocycles. The first kappa shape index (κ1) is 21.2. The number of nitrogens with zero attached hydrogens (tertiary/aromatic N) is 6. The molecule has 0 atom stereocenters. The van der Waals surface area contributed by atoms with Gasteiger partial charge < -0.3 is 4.18 Å². The van der Waals surface area contributed by atoms with Crippen LogP contribution in [0.25, 0.3) is 10.9 Å². The van der Waals surface area contributed by atoms with E-state index in [1.165, 1.54) is 18.8 Å². The van der Waals surface area contributed by atoms with Crippen molar-refractivity contribution in [2.75, 3.05) is 14.1 Å². The maximum absolute atomic E-state index is 12.7. The Hall–Kier alpha value is -2.51. The molecule has 0 spiro atoms. The van der Waals surface area contributed by atoms with E-state index < -0.39 is 25.5 Å². The summed E-state index contributed by atoms with van der Waals surface area (Å²) in [6, 6.07) is 0. The van der Waals surface area contributed by atoms with Crippen LogP contribution in [0.15, 0.2) is 11.5 Å². The Labute approximate surface area is 169 Å². The summed E-state index contributed by atoms with van der Waals surface area (Å²) in [7, 11) is -4.36. The second-order valence-corrected chi connectivity index (χ2v) is 10.3. The third-order valence-corrected chi connectivity index (χ3v) is 7.56. The molecule has 0 N–H and O–H groups in total. The zero-order valence-electron chi connectivity index (χ0n) is 17.1. The molecule has 3 rings (SSSR count).